The predicted molar refractivity (Wildman–Crippen MR) is 146 cm³/mol. The van der Waals surface area contributed by atoms with Gasteiger partial charge in [-0.05, 0) is 101 Å². The van der Waals surface area contributed by atoms with Crippen LogP contribution in [0.5, 0.6) is 5.75 Å². The van der Waals surface area contributed by atoms with Gasteiger partial charge in [0, 0.05) is 12.4 Å². The van der Waals surface area contributed by atoms with Gasteiger partial charge in [0.15, 0.2) is 0 Å². The fourth-order valence-electron chi connectivity index (χ4n) is 4.56. The molecule has 0 saturated carbocycles. The number of aliphatic imine (C=N–C) groups is 1. The summed E-state index contributed by atoms with van der Waals surface area (Å²) in [6.45, 7) is 10.4. The zero-order valence-corrected chi connectivity index (χ0v) is 21.6. The fraction of sp³-hybridized carbons (Fsp3) is 0.250. The molecular weight excluding hydrogens is 446 g/mol. The minimum atomic E-state index is -1.46. The van der Waals surface area contributed by atoms with E-state index in [1.807, 2.05) is 81.6 Å². The highest BCUT2D eigenvalue weighted by Crippen LogP contribution is 2.41. The number of carbonyl (C=O) groups excluding carboxylic acids is 1. The quantitative estimate of drug-likeness (QED) is 0.258. The second-order valence-electron chi connectivity index (χ2n) is 9.78. The summed E-state index contributed by atoms with van der Waals surface area (Å²) >= 11 is 0. The second kappa shape index (κ2) is 10.5. The molecule has 0 aromatic heterocycles. The van der Waals surface area contributed by atoms with Crippen molar-refractivity contribution in [3.8, 4) is 5.75 Å². The van der Waals surface area contributed by atoms with Crippen molar-refractivity contribution < 1.29 is 14.6 Å². The van der Waals surface area contributed by atoms with Crippen LogP contribution >= 0.6 is 0 Å². The Bertz CT molecular complexity index is 1380. The Balaban J connectivity index is 2.05. The summed E-state index contributed by atoms with van der Waals surface area (Å²) in [4.78, 5) is 16.2. The van der Waals surface area contributed by atoms with Gasteiger partial charge in [0.2, 0.25) is 0 Å². The first-order valence-electron chi connectivity index (χ1n) is 12.3. The summed E-state index contributed by atoms with van der Waals surface area (Å²) in [5.74, 6) is 1.00. The van der Waals surface area contributed by atoms with Crippen molar-refractivity contribution in [3.63, 3.8) is 0 Å². The van der Waals surface area contributed by atoms with E-state index in [1.54, 1.807) is 12.3 Å². The zero-order valence-electron chi connectivity index (χ0n) is 21.6. The average molecular weight is 480 g/mol. The van der Waals surface area contributed by atoms with Crippen molar-refractivity contribution in [2.75, 3.05) is 0 Å². The number of aryl methyl sites for hydroxylation is 2. The van der Waals surface area contributed by atoms with Crippen molar-refractivity contribution in [1.29, 1.82) is 0 Å². The molecule has 1 aliphatic heterocycles. The third-order valence-electron chi connectivity index (χ3n) is 6.64. The molecule has 0 amide bonds. The van der Waals surface area contributed by atoms with Crippen LogP contribution in [0, 0.1) is 19.8 Å². The lowest BCUT2D eigenvalue weighted by molar-refractivity contribution is -0.104. The largest absolute Gasteiger partial charge is 0.489 e. The molecule has 0 saturated heterocycles. The number of aldehydes is 1. The molecule has 3 aromatic rings. The molecule has 36 heavy (non-hydrogen) atoms. The Hall–Kier alpha value is -3.76. The topological polar surface area (TPSA) is 58.9 Å². The Morgan fingerprint density at radius 3 is 2.47 bits per heavy atom. The van der Waals surface area contributed by atoms with Crippen LogP contribution in [-0.4, -0.2) is 17.6 Å². The normalized spacial score (nSPS) is 19.0. The van der Waals surface area contributed by atoms with Gasteiger partial charge in [-0.3, -0.25) is 9.79 Å². The number of aliphatic hydroxyl groups is 1. The number of allylic oxidation sites excluding steroid dienone is 1. The molecule has 3 aromatic carbocycles. The van der Waals surface area contributed by atoms with Crippen molar-refractivity contribution >= 4 is 18.1 Å². The molecule has 0 spiro atoms. The summed E-state index contributed by atoms with van der Waals surface area (Å²) in [5.41, 5.74) is 6.21. The second-order valence-corrected chi connectivity index (χ2v) is 9.78. The van der Waals surface area contributed by atoms with Crippen LogP contribution in [0.4, 0.5) is 0 Å². The average Bonchev–Trinajstić information content (AvgIpc) is 2.86. The summed E-state index contributed by atoms with van der Waals surface area (Å²) in [6, 6.07) is 19.8. The minimum Gasteiger partial charge on any atom is -0.489 e. The van der Waals surface area contributed by atoms with Crippen LogP contribution in [0.1, 0.15) is 59.7 Å². The monoisotopic (exact) mass is 479 g/mol. The number of nitrogens with zero attached hydrogens (tertiary/aromatic N) is 1. The van der Waals surface area contributed by atoms with Gasteiger partial charge in [0.05, 0.1) is 0 Å². The Morgan fingerprint density at radius 1 is 1.03 bits per heavy atom. The third-order valence-corrected chi connectivity index (χ3v) is 6.64. The van der Waals surface area contributed by atoms with E-state index in [-0.39, 0.29) is 0 Å². The van der Waals surface area contributed by atoms with Crippen LogP contribution in [-0.2, 0) is 17.0 Å². The first-order valence-corrected chi connectivity index (χ1v) is 12.3. The maximum atomic E-state index is 12.4. The highest BCUT2D eigenvalue weighted by Gasteiger charge is 2.35. The van der Waals surface area contributed by atoms with Crippen LogP contribution in [0.25, 0.3) is 5.57 Å². The molecule has 184 valence electrons. The van der Waals surface area contributed by atoms with Crippen molar-refractivity contribution in [2.45, 2.75) is 46.8 Å². The number of hydrogen-bond acceptors (Lipinski definition) is 4. The van der Waals surface area contributed by atoms with E-state index in [9.17, 15) is 9.90 Å². The smallest absolute Gasteiger partial charge is 0.143 e. The number of ether oxygens (including phenoxy) is 1. The van der Waals surface area contributed by atoms with Gasteiger partial charge in [-0.25, -0.2) is 0 Å². The third kappa shape index (κ3) is 4.95. The molecule has 0 fully saturated rings. The summed E-state index contributed by atoms with van der Waals surface area (Å²) in [7, 11) is 0. The van der Waals surface area contributed by atoms with Crippen LogP contribution in [0.3, 0.4) is 0 Å². The highest BCUT2D eigenvalue weighted by molar-refractivity contribution is 5.91. The molecule has 1 aliphatic rings. The van der Waals surface area contributed by atoms with E-state index in [2.05, 4.69) is 24.9 Å². The van der Waals surface area contributed by atoms with E-state index in [0.717, 1.165) is 39.7 Å². The SMILES string of the molecule is C/C(=C\N=CC(C)C)C1(O)c2ccc(C)c(c2)OCc2cccc(c2)/C(=C/C=O)c2cc1ccc2C. The van der Waals surface area contributed by atoms with Crippen LogP contribution in [0.2, 0.25) is 0 Å². The van der Waals surface area contributed by atoms with Gasteiger partial charge in [-0.1, -0.05) is 56.3 Å². The first kappa shape index (κ1) is 25.3. The van der Waals surface area contributed by atoms with E-state index < -0.39 is 5.60 Å². The van der Waals surface area contributed by atoms with Gasteiger partial charge < -0.3 is 9.84 Å². The lowest BCUT2D eigenvalue weighted by atomic mass is 9.78. The highest BCUT2D eigenvalue weighted by atomic mass is 16.5. The maximum Gasteiger partial charge on any atom is 0.143 e. The Labute approximate surface area is 213 Å². The summed E-state index contributed by atoms with van der Waals surface area (Å²) in [6.07, 6.45) is 5.98. The van der Waals surface area contributed by atoms with Crippen molar-refractivity contribution in [1.82, 2.24) is 0 Å². The molecule has 1 N–H and O–H groups in total. The Kier molecular flexibility index (Phi) is 7.37. The van der Waals surface area contributed by atoms with Crippen molar-refractivity contribution in [2.24, 2.45) is 10.9 Å². The van der Waals surface area contributed by atoms with Gasteiger partial charge in [0.25, 0.3) is 0 Å². The van der Waals surface area contributed by atoms with Crippen LogP contribution < -0.4 is 4.74 Å². The van der Waals surface area contributed by atoms with E-state index in [0.29, 0.717) is 35.0 Å². The lowest BCUT2D eigenvalue weighted by Crippen LogP contribution is -2.29. The van der Waals surface area contributed by atoms with Crippen LogP contribution in [0.15, 0.2) is 83.5 Å². The molecule has 1 atom stereocenters. The fourth-order valence-corrected chi connectivity index (χ4v) is 4.56. The molecule has 4 heteroatoms. The predicted octanol–water partition coefficient (Wildman–Crippen LogP) is 6.69. The lowest BCUT2D eigenvalue weighted by Gasteiger charge is -2.31. The number of benzene rings is 3. The maximum absolute atomic E-state index is 12.4. The van der Waals surface area contributed by atoms with E-state index >= 15 is 0 Å². The molecule has 1 unspecified atom stereocenters. The molecule has 4 nitrogen and oxygen atoms in total. The van der Waals surface area contributed by atoms with Gasteiger partial charge in [0.1, 0.15) is 24.2 Å². The van der Waals surface area contributed by atoms with Gasteiger partial charge in [-0.15, -0.1) is 0 Å². The summed E-state index contributed by atoms with van der Waals surface area (Å²) in [5, 5.41) is 12.4. The first-order chi connectivity index (χ1) is 17.2. The molecule has 1 heterocycles. The van der Waals surface area contributed by atoms with E-state index in [1.165, 1.54) is 0 Å². The molecule has 0 radical (unpaired) electrons. The zero-order chi connectivity index (χ0) is 25.9. The minimum absolute atomic E-state index is 0.292. The molecule has 0 aliphatic carbocycles. The number of carbonyl (C=O) groups is 1. The number of hydrogen-bond donors (Lipinski definition) is 1. The number of fused-ring (bicyclic) bond motifs is 6. The molecule has 4 rings (SSSR count). The van der Waals surface area contributed by atoms with Gasteiger partial charge in [-0.2, -0.15) is 0 Å². The number of rotatable bonds is 4. The van der Waals surface area contributed by atoms with E-state index in [4.69, 9.17) is 4.74 Å². The Morgan fingerprint density at radius 2 is 1.75 bits per heavy atom. The summed E-state index contributed by atoms with van der Waals surface area (Å²) < 4.78 is 6.24. The standard InChI is InChI=1S/C32H33NO3/c1-21(2)18-33-19-24(5)32(35)27-11-9-22(3)30(16-27)29(13-14-34)26-8-6-7-25(15-26)20-36-31-17-28(32)12-10-23(31)4/h6-19,21,35H,20H2,1-5H3/b24-19+,29-13-,33-18?. The van der Waals surface area contributed by atoms with Crippen molar-refractivity contribution in [3.05, 3.63) is 117 Å². The molecular formula is C32H33NO3. The molecule has 6 bridgehead atoms. The van der Waals surface area contributed by atoms with Gasteiger partial charge >= 0.3 is 0 Å².